The first-order chi connectivity index (χ1) is 8.90. The van der Waals surface area contributed by atoms with E-state index < -0.39 is 32.6 Å². The highest BCUT2D eigenvalue weighted by molar-refractivity contribution is 7.89. The minimum atomic E-state index is -4.02. The molecule has 0 bridgehead atoms. The minimum absolute atomic E-state index is 0.127. The number of hydrogen-bond donors (Lipinski definition) is 2. The molecule has 0 aliphatic carbocycles. The fourth-order valence-electron chi connectivity index (χ4n) is 1.65. The summed E-state index contributed by atoms with van der Waals surface area (Å²) in [4.78, 5) is -0.566. The van der Waals surface area contributed by atoms with Crippen LogP contribution in [0.15, 0.2) is 23.1 Å². The molecule has 0 saturated heterocycles. The van der Waals surface area contributed by atoms with Gasteiger partial charge in [-0.2, -0.15) is 0 Å². The second-order valence-electron chi connectivity index (χ2n) is 4.27. The van der Waals surface area contributed by atoms with Crippen LogP contribution in [0.25, 0.3) is 0 Å². The Morgan fingerprint density at radius 2 is 2.05 bits per heavy atom. The van der Waals surface area contributed by atoms with Crippen molar-refractivity contribution in [2.45, 2.75) is 37.1 Å². The van der Waals surface area contributed by atoms with Crippen molar-refractivity contribution in [3.05, 3.63) is 29.8 Å². The van der Waals surface area contributed by atoms with Crippen molar-refractivity contribution in [3.63, 3.8) is 0 Å². The molecule has 0 heterocycles. The standard InChI is InChI=1S/C12H18F2N2O2S/c1-2-3-4-10(8-15)16-19(17,18)12-6-5-9(13)7-11(12)14/h5-7,10,16H,2-4,8,15H2,1H3. The molecule has 1 unspecified atom stereocenters. The van der Waals surface area contributed by atoms with Crippen LogP contribution in [-0.2, 0) is 10.0 Å². The predicted octanol–water partition coefficient (Wildman–Crippen LogP) is 1.76. The van der Waals surface area contributed by atoms with Crippen LogP contribution in [0.3, 0.4) is 0 Å². The van der Waals surface area contributed by atoms with E-state index in [4.69, 9.17) is 5.73 Å². The topological polar surface area (TPSA) is 72.2 Å². The zero-order valence-corrected chi connectivity index (χ0v) is 11.5. The zero-order chi connectivity index (χ0) is 14.5. The molecule has 4 nitrogen and oxygen atoms in total. The molecule has 108 valence electrons. The largest absolute Gasteiger partial charge is 0.329 e. The molecule has 19 heavy (non-hydrogen) atoms. The van der Waals surface area contributed by atoms with Crippen molar-refractivity contribution in [2.24, 2.45) is 5.73 Å². The predicted molar refractivity (Wildman–Crippen MR) is 69.0 cm³/mol. The van der Waals surface area contributed by atoms with Crippen LogP contribution >= 0.6 is 0 Å². The molecule has 0 aliphatic heterocycles. The highest BCUT2D eigenvalue weighted by Crippen LogP contribution is 2.16. The Hall–Kier alpha value is -1.05. The Morgan fingerprint density at radius 1 is 1.37 bits per heavy atom. The van der Waals surface area contributed by atoms with Crippen molar-refractivity contribution in [1.29, 1.82) is 0 Å². The van der Waals surface area contributed by atoms with Gasteiger partial charge in [0, 0.05) is 18.7 Å². The molecule has 0 amide bonds. The smallest absolute Gasteiger partial charge is 0.243 e. The van der Waals surface area contributed by atoms with E-state index in [9.17, 15) is 17.2 Å². The molecule has 0 fully saturated rings. The number of halogens is 2. The molecular weight excluding hydrogens is 274 g/mol. The first-order valence-corrected chi connectivity index (χ1v) is 7.56. The number of hydrogen-bond acceptors (Lipinski definition) is 3. The van der Waals surface area contributed by atoms with Gasteiger partial charge in [0.1, 0.15) is 16.5 Å². The molecule has 1 aromatic rings. The quantitative estimate of drug-likeness (QED) is 0.804. The Bertz CT molecular complexity index is 520. The fraction of sp³-hybridized carbons (Fsp3) is 0.500. The van der Waals surface area contributed by atoms with E-state index in [1.807, 2.05) is 6.92 Å². The number of benzene rings is 1. The maximum atomic E-state index is 13.5. The van der Waals surface area contributed by atoms with Crippen molar-refractivity contribution in [1.82, 2.24) is 4.72 Å². The van der Waals surface area contributed by atoms with Gasteiger partial charge in [0.05, 0.1) is 0 Å². The number of rotatable bonds is 7. The second kappa shape index (κ2) is 6.93. The van der Waals surface area contributed by atoms with E-state index in [-0.39, 0.29) is 6.54 Å². The van der Waals surface area contributed by atoms with E-state index >= 15 is 0 Å². The van der Waals surface area contributed by atoms with Crippen LogP contribution in [0, 0.1) is 11.6 Å². The van der Waals surface area contributed by atoms with Gasteiger partial charge in [-0.05, 0) is 18.6 Å². The Kier molecular flexibility index (Phi) is 5.84. The lowest BCUT2D eigenvalue weighted by atomic mass is 10.1. The summed E-state index contributed by atoms with van der Waals surface area (Å²) in [5, 5.41) is 0. The van der Waals surface area contributed by atoms with Gasteiger partial charge in [-0.25, -0.2) is 21.9 Å². The lowest BCUT2D eigenvalue weighted by Gasteiger charge is -2.16. The van der Waals surface area contributed by atoms with E-state index in [0.717, 1.165) is 25.0 Å². The summed E-state index contributed by atoms with van der Waals surface area (Å²) >= 11 is 0. The third-order valence-corrected chi connectivity index (χ3v) is 4.25. The third-order valence-electron chi connectivity index (χ3n) is 2.70. The van der Waals surface area contributed by atoms with Gasteiger partial charge in [-0.1, -0.05) is 19.8 Å². The monoisotopic (exact) mass is 292 g/mol. The van der Waals surface area contributed by atoms with Crippen LogP contribution in [0.4, 0.5) is 8.78 Å². The Morgan fingerprint density at radius 3 is 2.58 bits per heavy atom. The lowest BCUT2D eigenvalue weighted by Crippen LogP contribution is -2.40. The van der Waals surface area contributed by atoms with Crippen LogP contribution in [0.5, 0.6) is 0 Å². The molecule has 1 rings (SSSR count). The van der Waals surface area contributed by atoms with E-state index in [1.165, 1.54) is 0 Å². The van der Waals surface area contributed by atoms with Crippen molar-refractivity contribution < 1.29 is 17.2 Å². The van der Waals surface area contributed by atoms with Gasteiger partial charge in [0.25, 0.3) is 0 Å². The maximum Gasteiger partial charge on any atom is 0.243 e. The van der Waals surface area contributed by atoms with Gasteiger partial charge in [-0.15, -0.1) is 0 Å². The summed E-state index contributed by atoms with van der Waals surface area (Å²) in [7, 11) is -4.02. The summed E-state index contributed by atoms with van der Waals surface area (Å²) in [5.74, 6) is -1.93. The summed E-state index contributed by atoms with van der Waals surface area (Å²) < 4.78 is 52.5. The molecule has 7 heteroatoms. The molecular formula is C12H18F2N2O2S. The first-order valence-electron chi connectivity index (χ1n) is 6.08. The molecule has 0 spiro atoms. The van der Waals surface area contributed by atoms with Crippen molar-refractivity contribution in [2.75, 3.05) is 6.54 Å². The van der Waals surface area contributed by atoms with Gasteiger partial charge >= 0.3 is 0 Å². The average molecular weight is 292 g/mol. The molecule has 0 radical (unpaired) electrons. The SMILES string of the molecule is CCCCC(CN)NS(=O)(=O)c1ccc(F)cc1F. The minimum Gasteiger partial charge on any atom is -0.329 e. The molecule has 0 aliphatic rings. The van der Waals surface area contributed by atoms with Gasteiger partial charge in [-0.3, -0.25) is 0 Å². The van der Waals surface area contributed by atoms with E-state index in [2.05, 4.69) is 4.72 Å². The molecule has 1 aromatic carbocycles. The van der Waals surface area contributed by atoms with Crippen LogP contribution in [0.1, 0.15) is 26.2 Å². The third kappa shape index (κ3) is 4.52. The molecule has 1 atom stereocenters. The zero-order valence-electron chi connectivity index (χ0n) is 10.7. The average Bonchev–Trinajstić information content (AvgIpc) is 2.33. The number of nitrogens with two attached hydrogens (primary N) is 1. The summed E-state index contributed by atoms with van der Waals surface area (Å²) in [6, 6.07) is 1.90. The van der Waals surface area contributed by atoms with Crippen LogP contribution < -0.4 is 10.5 Å². The fourth-order valence-corrected chi connectivity index (χ4v) is 2.99. The molecule has 0 aromatic heterocycles. The maximum absolute atomic E-state index is 13.5. The Labute approximate surface area is 112 Å². The number of unbranched alkanes of at least 4 members (excludes halogenated alkanes) is 1. The second-order valence-corrected chi connectivity index (χ2v) is 5.95. The van der Waals surface area contributed by atoms with Gasteiger partial charge in [0.2, 0.25) is 10.0 Å². The summed E-state index contributed by atoms with van der Waals surface area (Å²) in [5.41, 5.74) is 5.48. The van der Waals surface area contributed by atoms with Gasteiger partial charge < -0.3 is 5.73 Å². The van der Waals surface area contributed by atoms with Crippen LogP contribution in [-0.4, -0.2) is 21.0 Å². The van der Waals surface area contributed by atoms with E-state index in [0.29, 0.717) is 12.5 Å². The van der Waals surface area contributed by atoms with E-state index in [1.54, 1.807) is 0 Å². The molecule has 0 saturated carbocycles. The first kappa shape index (κ1) is 16.0. The number of nitrogens with one attached hydrogen (secondary N) is 1. The van der Waals surface area contributed by atoms with Crippen LogP contribution in [0.2, 0.25) is 0 Å². The summed E-state index contributed by atoms with van der Waals surface area (Å²) in [6.45, 7) is 2.10. The van der Waals surface area contributed by atoms with Gasteiger partial charge in [0.15, 0.2) is 0 Å². The Balaban J connectivity index is 2.90. The normalized spacial score (nSPS) is 13.5. The van der Waals surface area contributed by atoms with Crippen molar-refractivity contribution in [3.8, 4) is 0 Å². The highest BCUT2D eigenvalue weighted by atomic mass is 32.2. The highest BCUT2D eigenvalue weighted by Gasteiger charge is 2.22. The molecule has 3 N–H and O–H groups in total. The number of sulfonamides is 1. The lowest BCUT2D eigenvalue weighted by molar-refractivity contribution is 0.507. The summed E-state index contributed by atoms with van der Waals surface area (Å²) in [6.07, 6.45) is 2.30. The van der Waals surface area contributed by atoms with Crippen molar-refractivity contribution >= 4 is 10.0 Å².